The van der Waals surface area contributed by atoms with Crippen molar-refractivity contribution in [3.8, 4) is 0 Å². The van der Waals surface area contributed by atoms with E-state index in [-0.39, 0.29) is 24.4 Å². The van der Waals surface area contributed by atoms with Crippen LogP contribution in [0.25, 0.3) is 0 Å². The van der Waals surface area contributed by atoms with Crippen LogP contribution in [0.3, 0.4) is 0 Å². The number of carbonyl (C=O) groups excluding carboxylic acids is 1. The second-order valence-corrected chi connectivity index (χ2v) is 5.93. The maximum absolute atomic E-state index is 11.9. The molecule has 1 heterocycles. The molecule has 0 spiro atoms. The van der Waals surface area contributed by atoms with Crippen molar-refractivity contribution in [2.75, 3.05) is 6.54 Å². The Morgan fingerprint density at radius 2 is 2.22 bits per heavy atom. The summed E-state index contributed by atoms with van der Waals surface area (Å²) in [6.07, 6.45) is 1.26. The largest absolute Gasteiger partial charge is 0.338 e. The quantitative estimate of drug-likeness (QED) is 0.876. The van der Waals surface area contributed by atoms with Gasteiger partial charge >= 0.3 is 0 Å². The van der Waals surface area contributed by atoms with E-state index in [9.17, 15) is 4.79 Å². The number of rotatable bonds is 6. The van der Waals surface area contributed by atoms with Crippen LogP contribution in [0, 0.1) is 0 Å². The number of nitrogens with two attached hydrogens (primary N) is 1. The van der Waals surface area contributed by atoms with Crippen LogP contribution in [0.2, 0.25) is 4.34 Å². The molecule has 0 saturated carbocycles. The lowest BCUT2D eigenvalue weighted by molar-refractivity contribution is -0.131. The minimum absolute atomic E-state index is 0. The summed E-state index contributed by atoms with van der Waals surface area (Å²) in [6.45, 7) is 5.26. The summed E-state index contributed by atoms with van der Waals surface area (Å²) in [5.41, 5.74) is 5.65. The third-order valence-electron chi connectivity index (χ3n) is 2.52. The molecule has 1 aromatic rings. The molecule has 0 aromatic carbocycles. The zero-order chi connectivity index (χ0) is 12.8. The summed E-state index contributed by atoms with van der Waals surface area (Å²) in [5, 5.41) is 0. The van der Waals surface area contributed by atoms with Crippen molar-refractivity contribution in [1.82, 2.24) is 4.90 Å². The molecule has 0 fully saturated rings. The Kier molecular flexibility index (Phi) is 8.61. The van der Waals surface area contributed by atoms with Gasteiger partial charge < -0.3 is 10.6 Å². The van der Waals surface area contributed by atoms with Crippen molar-refractivity contribution in [1.29, 1.82) is 0 Å². The van der Waals surface area contributed by atoms with E-state index >= 15 is 0 Å². The van der Waals surface area contributed by atoms with Gasteiger partial charge in [0.15, 0.2) is 0 Å². The highest BCUT2D eigenvalue weighted by atomic mass is 35.5. The second-order valence-electron chi connectivity index (χ2n) is 4.13. The molecular weight excluding hydrogens is 291 g/mol. The maximum Gasteiger partial charge on any atom is 0.222 e. The molecule has 0 aliphatic heterocycles. The summed E-state index contributed by atoms with van der Waals surface area (Å²) >= 11 is 7.39. The Morgan fingerprint density at radius 1 is 1.56 bits per heavy atom. The van der Waals surface area contributed by atoms with Gasteiger partial charge in [-0.1, -0.05) is 11.6 Å². The number of nitrogens with zero attached hydrogens (tertiary/aromatic N) is 1. The van der Waals surface area contributed by atoms with Crippen LogP contribution in [-0.2, 0) is 11.3 Å². The molecule has 1 unspecified atom stereocenters. The Bertz CT molecular complexity index is 369. The Morgan fingerprint density at radius 3 is 2.67 bits per heavy atom. The van der Waals surface area contributed by atoms with E-state index in [1.54, 1.807) is 0 Å². The molecule has 0 aliphatic rings. The van der Waals surface area contributed by atoms with Crippen molar-refractivity contribution >= 4 is 41.3 Å². The molecule has 18 heavy (non-hydrogen) atoms. The molecule has 2 N–H and O–H groups in total. The van der Waals surface area contributed by atoms with Crippen LogP contribution in [-0.4, -0.2) is 23.4 Å². The average molecular weight is 311 g/mol. The first-order chi connectivity index (χ1) is 8.02. The lowest BCUT2D eigenvalue weighted by atomic mass is 10.2. The highest BCUT2D eigenvalue weighted by molar-refractivity contribution is 7.16. The van der Waals surface area contributed by atoms with Crippen molar-refractivity contribution in [3.63, 3.8) is 0 Å². The molecule has 104 valence electrons. The van der Waals surface area contributed by atoms with Gasteiger partial charge in [0, 0.05) is 23.9 Å². The van der Waals surface area contributed by atoms with E-state index in [4.69, 9.17) is 17.3 Å². The molecule has 6 heteroatoms. The predicted octanol–water partition coefficient (Wildman–Crippen LogP) is 3.30. The number of amides is 1. The smallest absolute Gasteiger partial charge is 0.222 e. The first-order valence-electron chi connectivity index (χ1n) is 5.80. The molecule has 1 aromatic heterocycles. The molecule has 0 saturated heterocycles. The molecule has 1 atom stereocenters. The highest BCUT2D eigenvalue weighted by Crippen LogP contribution is 2.22. The third kappa shape index (κ3) is 6.05. The lowest BCUT2D eigenvalue weighted by Crippen LogP contribution is -2.31. The standard InChI is InChI=1S/C12H19ClN2OS.ClH/c1-3-15(12(16)7-4-9(2)14)8-10-5-6-11(13)17-10;/h5-6,9H,3-4,7-8,14H2,1-2H3;1H. The fourth-order valence-corrected chi connectivity index (χ4v) is 2.61. The second kappa shape index (κ2) is 8.75. The number of halogens is 2. The van der Waals surface area contributed by atoms with Gasteiger partial charge in [0.05, 0.1) is 10.9 Å². The average Bonchev–Trinajstić information content (AvgIpc) is 2.68. The monoisotopic (exact) mass is 310 g/mol. The van der Waals surface area contributed by atoms with E-state index in [0.29, 0.717) is 19.5 Å². The van der Waals surface area contributed by atoms with Gasteiger partial charge in [0.2, 0.25) is 5.91 Å². The minimum Gasteiger partial charge on any atom is -0.338 e. The van der Waals surface area contributed by atoms with E-state index in [1.807, 2.05) is 30.9 Å². The van der Waals surface area contributed by atoms with Gasteiger partial charge in [0.25, 0.3) is 0 Å². The van der Waals surface area contributed by atoms with E-state index in [1.165, 1.54) is 11.3 Å². The topological polar surface area (TPSA) is 46.3 Å². The van der Waals surface area contributed by atoms with Gasteiger partial charge in [0.1, 0.15) is 0 Å². The minimum atomic E-state index is 0. The van der Waals surface area contributed by atoms with Crippen molar-refractivity contribution in [2.24, 2.45) is 5.73 Å². The fourth-order valence-electron chi connectivity index (χ4n) is 1.51. The van der Waals surface area contributed by atoms with Crippen molar-refractivity contribution in [3.05, 3.63) is 21.3 Å². The van der Waals surface area contributed by atoms with Crippen LogP contribution < -0.4 is 5.73 Å². The van der Waals surface area contributed by atoms with Gasteiger partial charge in [-0.2, -0.15) is 0 Å². The Hall–Kier alpha value is -0.290. The summed E-state index contributed by atoms with van der Waals surface area (Å²) in [6, 6.07) is 3.91. The normalized spacial score (nSPS) is 11.8. The van der Waals surface area contributed by atoms with Crippen molar-refractivity contribution in [2.45, 2.75) is 39.3 Å². The summed E-state index contributed by atoms with van der Waals surface area (Å²) < 4.78 is 0.763. The zero-order valence-electron chi connectivity index (χ0n) is 10.7. The van der Waals surface area contributed by atoms with Gasteiger partial charge in [-0.15, -0.1) is 23.7 Å². The van der Waals surface area contributed by atoms with E-state index in [2.05, 4.69) is 0 Å². The Labute approximate surface area is 124 Å². The van der Waals surface area contributed by atoms with Gasteiger partial charge in [-0.3, -0.25) is 4.79 Å². The van der Waals surface area contributed by atoms with Crippen LogP contribution in [0.5, 0.6) is 0 Å². The van der Waals surface area contributed by atoms with Crippen LogP contribution in [0.1, 0.15) is 31.6 Å². The summed E-state index contributed by atoms with van der Waals surface area (Å²) in [7, 11) is 0. The molecule has 0 bridgehead atoms. The predicted molar refractivity (Wildman–Crippen MR) is 80.6 cm³/mol. The van der Waals surface area contributed by atoms with Crippen molar-refractivity contribution < 1.29 is 4.79 Å². The number of hydrogen-bond donors (Lipinski definition) is 1. The van der Waals surface area contributed by atoms with E-state index < -0.39 is 0 Å². The summed E-state index contributed by atoms with van der Waals surface area (Å²) in [5.74, 6) is 0.161. The van der Waals surface area contributed by atoms with Gasteiger partial charge in [-0.05, 0) is 32.4 Å². The Balaban J connectivity index is 0.00000289. The molecule has 1 amide bonds. The number of hydrogen-bond acceptors (Lipinski definition) is 3. The molecule has 3 nitrogen and oxygen atoms in total. The zero-order valence-corrected chi connectivity index (χ0v) is 13.1. The molecule has 1 rings (SSSR count). The molecular formula is C12H20Cl2N2OS. The SMILES string of the molecule is CCN(Cc1ccc(Cl)s1)C(=O)CCC(C)N.Cl. The first-order valence-corrected chi connectivity index (χ1v) is 7.00. The number of thiophene rings is 1. The van der Waals surface area contributed by atoms with Gasteiger partial charge in [-0.25, -0.2) is 0 Å². The third-order valence-corrected chi connectivity index (χ3v) is 3.74. The summed E-state index contributed by atoms with van der Waals surface area (Å²) in [4.78, 5) is 14.9. The number of carbonyl (C=O) groups is 1. The molecule has 0 radical (unpaired) electrons. The lowest BCUT2D eigenvalue weighted by Gasteiger charge is -2.20. The van der Waals surface area contributed by atoms with E-state index in [0.717, 1.165) is 15.6 Å². The fraction of sp³-hybridized carbons (Fsp3) is 0.583. The highest BCUT2D eigenvalue weighted by Gasteiger charge is 2.13. The maximum atomic E-state index is 11.9. The molecule has 0 aliphatic carbocycles. The first kappa shape index (κ1) is 17.7. The van der Waals surface area contributed by atoms with Crippen LogP contribution in [0.4, 0.5) is 0 Å². The van der Waals surface area contributed by atoms with Crippen LogP contribution >= 0.6 is 35.3 Å². The van der Waals surface area contributed by atoms with Crippen LogP contribution in [0.15, 0.2) is 12.1 Å².